The summed E-state index contributed by atoms with van der Waals surface area (Å²) in [4.78, 5) is 4.09. The van der Waals surface area contributed by atoms with Gasteiger partial charge in [-0.05, 0) is 25.1 Å². The highest BCUT2D eigenvalue weighted by molar-refractivity contribution is 5.77. The first-order chi connectivity index (χ1) is 4.31. The molecule has 2 N–H and O–H groups in total. The summed E-state index contributed by atoms with van der Waals surface area (Å²) in [6.07, 6.45) is 4.44. The second kappa shape index (κ2) is 5.35. The Kier molecular flexibility index (Phi) is 4.88. The molecule has 0 saturated heterocycles. The summed E-state index contributed by atoms with van der Waals surface area (Å²) in [6.45, 7) is 4.92. The number of allylic oxidation sites excluding steroid dienone is 1. The molecule has 0 heterocycles. The molecule has 0 aromatic heterocycles. The van der Waals surface area contributed by atoms with Crippen LogP contribution in [0.5, 0.6) is 0 Å². The fourth-order valence-corrected chi connectivity index (χ4v) is 0.381. The van der Waals surface area contributed by atoms with Crippen molar-refractivity contribution >= 4 is 6.21 Å². The van der Waals surface area contributed by atoms with E-state index >= 15 is 0 Å². The van der Waals surface area contributed by atoms with Crippen LogP contribution in [0.3, 0.4) is 0 Å². The summed E-state index contributed by atoms with van der Waals surface area (Å²) in [7, 11) is 0. The summed E-state index contributed by atoms with van der Waals surface area (Å²) in [6, 6.07) is 0. The fraction of sp³-hybridized carbons (Fsp3) is 0.571. The highest BCUT2D eigenvalue weighted by Crippen LogP contribution is 1.83. The molecule has 0 aliphatic rings. The van der Waals surface area contributed by atoms with Crippen LogP contribution in [0.15, 0.2) is 16.8 Å². The van der Waals surface area contributed by atoms with Crippen LogP contribution in [0.4, 0.5) is 0 Å². The van der Waals surface area contributed by atoms with Crippen molar-refractivity contribution in [2.75, 3.05) is 6.54 Å². The molecule has 0 aliphatic carbocycles. The Hall–Kier alpha value is -0.790. The molecule has 0 atom stereocenters. The molecule has 0 spiro atoms. The van der Waals surface area contributed by atoms with Gasteiger partial charge >= 0.3 is 0 Å². The largest absolute Gasteiger partial charge is 0.404 e. The topological polar surface area (TPSA) is 38.4 Å². The van der Waals surface area contributed by atoms with Gasteiger partial charge in [-0.2, -0.15) is 0 Å². The second-order valence-corrected chi connectivity index (χ2v) is 1.95. The van der Waals surface area contributed by atoms with Gasteiger partial charge in [0, 0.05) is 12.8 Å². The molecule has 0 rings (SSSR count). The smallest absolute Gasteiger partial charge is 0.0386 e. The number of hydrogen-bond acceptors (Lipinski definition) is 2. The van der Waals surface area contributed by atoms with E-state index in [0.717, 1.165) is 18.5 Å². The maximum absolute atomic E-state index is 5.20. The van der Waals surface area contributed by atoms with E-state index in [-0.39, 0.29) is 0 Å². The summed E-state index contributed by atoms with van der Waals surface area (Å²) >= 11 is 0. The van der Waals surface area contributed by atoms with Gasteiger partial charge < -0.3 is 5.73 Å². The van der Waals surface area contributed by atoms with Crippen LogP contribution in [0.25, 0.3) is 0 Å². The van der Waals surface area contributed by atoms with Gasteiger partial charge in [0.2, 0.25) is 0 Å². The molecule has 0 aromatic rings. The summed E-state index contributed by atoms with van der Waals surface area (Å²) in [5.41, 5.74) is 6.22. The van der Waals surface area contributed by atoms with Gasteiger partial charge in [-0.15, -0.1) is 0 Å². The Morgan fingerprint density at radius 2 is 2.33 bits per heavy atom. The van der Waals surface area contributed by atoms with Gasteiger partial charge in [0.1, 0.15) is 0 Å². The third-order valence-corrected chi connectivity index (χ3v) is 0.911. The van der Waals surface area contributed by atoms with Crippen LogP contribution in [0.1, 0.15) is 20.3 Å². The molecule has 0 aromatic carbocycles. The Labute approximate surface area is 56.5 Å². The van der Waals surface area contributed by atoms with E-state index in [9.17, 15) is 0 Å². The molecule has 0 bridgehead atoms. The average molecular weight is 126 g/mol. The lowest BCUT2D eigenvalue weighted by Crippen LogP contribution is -1.86. The molecule has 0 unspecified atom stereocenters. The van der Waals surface area contributed by atoms with Crippen molar-refractivity contribution in [2.45, 2.75) is 20.3 Å². The first-order valence-electron chi connectivity index (χ1n) is 3.19. The van der Waals surface area contributed by atoms with Gasteiger partial charge in [0.15, 0.2) is 0 Å². The Morgan fingerprint density at radius 3 is 2.78 bits per heavy atom. The lowest BCUT2D eigenvalue weighted by molar-refractivity contribution is 0.936. The van der Waals surface area contributed by atoms with E-state index in [2.05, 4.69) is 11.9 Å². The molecular formula is C7H14N2. The molecule has 0 fully saturated rings. The molecule has 0 aliphatic heterocycles. The zero-order chi connectivity index (χ0) is 7.11. The number of rotatable bonds is 3. The minimum Gasteiger partial charge on any atom is -0.404 e. The minimum atomic E-state index is 0.894. The normalized spacial score (nSPS) is 12.9. The van der Waals surface area contributed by atoms with Gasteiger partial charge in [-0.1, -0.05) is 6.92 Å². The molecule has 9 heavy (non-hydrogen) atoms. The summed E-state index contributed by atoms with van der Waals surface area (Å²) < 4.78 is 0. The predicted molar refractivity (Wildman–Crippen MR) is 41.6 cm³/mol. The van der Waals surface area contributed by atoms with Crippen LogP contribution in [0, 0.1) is 0 Å². The lowest BCUT2D eigenvalue weighted by Gasteiger charge is -1.86. The van der Waals surface area contributed by atoms with E-state index in [1.807, 2.05) is 6.92 Å². The van der Waals surface area contributed by atoms with Crippen molar-refractivity contribution in [1.29, 1.82) is 0 Å². The molecule has 0 radical (unpaired) electrons. The van der Waals surface area contributed by atoms with Crippen molar-refractivity contribution in [1.82, 2.24) is 0 Å². The minimum absolute atomic E-state index is 0.894. The first kappa shape index (κ1) is 8.21. The van der Waals surface area contributed by atoms with Crippen molar-refractivity contribution in [2.24, 2.45) is 10.7 Å². The van der Waals surface area contributed by atoms with E-state index in [4.69, 9.17) is 5.73 Å². The van der Waals surface area contributed by atoms with Crippen molar-refractivity contribution in [3.8, 4) is 0 Å². The van der Waals surface area contributed by atoms with Crippen LogP contribution < -0.4 is 5.73 Å². The van der Waals surface area contributed by atoms with Crippen molar-refractivity contribution in [3.05, 3.63) is 11.8 Å². The van der Waals surface area contributed by atoms with Crippen LogP contribution in [-0.4, -0.2) is 12.8 Å². The van der Waals surface area contributed by atoms with E-state index in [0.29, 0.717) is 0 Å². The van der Waals surface area contributed by atoms with Gasteiger partial charge in [-0.25, -0.2) is 0 Å². The molecule has 2 nitrogen and oxygen atoms in total. The van der Waals surface area contributed by atoms with Crippen LogP contribution in [0.2, 0.25) is 0 Å². The number of nitrogens with zero attached hydrogens (tertiary/aromatic N) is 1. The lowest BCUT2D eigenvalue weighted by atomic mass is 10.4. The predicted octanol–water partition coefficient (Wildman–Crippen LogP) is 1.33. The monoisotopic (exact) mass is 126 g/mol. The number of aliphatic imine (C=N–C) groups is 1. The van der Waals surface area contributed by atoms with Crippen LogP contribution in [-0.2, 0) is 0 Å². The highest BCUT2D eigenvalue weighted by atomic mass is 14.7. The quantitative estimate of drug-likeness (QED) is 0.569. The van der Waals surface area contributed by atoms with E-state index in [1.165, 1.54) is 0 Å². The van der Waals surface area contributed by atoms with Gasteiger partial charge in [0.25, 0.3) is 0 Å². The zero-order valence-corrected chi connectivity index (χ0v) is 6.09. The standard InChI is InChI=1S/C7H14N2/c1-3-4-9-6-7(2)5-8/h5-6H,3-4,8H2,1-2H3. The fourth-order valence-electron chi connectivity index (χ4n) is 0.381. The maximum atomic E-state index is 5.20. The SMILES string of the molecule is CCCN=CC(C)=CN. The number of nitrogens with two attached hydrogens (primary N) is 1. The highest BCUT2D eigenvalue weighted by Gasteiger charge is 1.76. The zero-order valence-electron chi connectivity index (χ0n) is 6.09. The molecule has 0 saturated carbocycles. The van der Waals surface area contributed by atoms with Crippen molar-refractivity contribution in [3.63, 3.8) is 0 Å². The Balaban J connectivity index is 3.45. The van der Waals surface area contributed by atoms with Crippen LogP contribution >= 0.6 is 0 Å². The number of hydrogen-bond donors (Lipinski definition) is 1. The Bertz CT molecular complexity index is 114. The molecular weight excluding hydrogens is 112 g/mol. The van der Waals surface area contributed by atoms with Gasteiger partial charge in [0.05, 0.1) is 0 Å². The third kappa shape index (κ3) is 5.07. The molecule has 52 valence electrons. The summed E-state index contributed by atoms with van der Waals surface area (Å²) in [5.74, 6) is 0. The molecule has 2 heteroatoms. The van der Waals surface area contributed by atoms with Crippen molar-refractivity contribution < 1.29 is 0 Å². The van der Waals surface area contributed by atoms with E-state index in [1.54, 1.807) is 12.4 Å². The Morgan fingerprint density at radius 1 is 1.67 bits per heavy atom. The maximum Gasteiger partial charge on any atom is 0.0386 e. The second-order valence-electron chi connectivity index (χ2n) is 1.95. The van der Waals surface area contributed by atoms with Gasteiger partial charge in [-0.3, -0.25) is 4.99 Å². The first-order valence-corrected chi connectivity index (χ1v) is 3.19. The average Bonchev–Trinajstić information content (AvgIpc) is 1.89. The third-order valence-electron chi connectivity index (χ3n) is 0.911. The summed E-state index contributed by atoms with van der Waals surface area (Å²) in [5, 5.41) is 0. The molecule has 0 amide bonds. The van der Waals surface area contributed by atoms with E-state index < -0.39 is 0 Å².